The highest BCUT2D eigenvalue weighted by Gasteiger charge is 2.29. The number of hydrogen-bond donors (Lipinski definition) is 2. The van der Waals surface area contributed by atoms with Crippen LogP contribution in [0.2, 0.25) is 5.02 Å². The average Bonchev–Trinajstić information content (AvgIpc) is 3.34. The molecule has 2 aromatic carbocycles. The standard InChI is InChI=1S/C24H24ClN5O3/c1-14-23(32)28-24-27-22-16(13-30(14)24)17(25)9-10-19(22)33-21(8-4-7-20(26)31)29-12-11-15-5-2-3-6-18(15)29/h2-3,5-6,9-10,21H,1,4,7-8,11-13H2,(H2,26,31)(H,27,28,32). The van der Waals surface area contributed by atoms with E-state index in [1.54, 1.807) is 16.7 Å². The molecule has 5 rings (SSSR count). The molecule has 1 amide bonds. The third-order valence-corrected chi connectivity index (χ3v) is 6.55. The number of para-hydroxylation sites is 1. The normalized spacial score (nSPS) is 14.8. The number of aromatic amines is 1. The van der Waals surface area contributed by atoms with Crippen LogP contribution in [0.3, 0.4) is 0 Å². The minimum atomic E-state index is -0.330. The van der Waals surface area contributed by atoms with Gasteiger partial charge in [-0.2, -0.15) is 0 Å². The molecule has 9 heteroatoms. The fourth-order valence-electron chi connectivity index (χ4n) is 4.51. The number of fused-ring (bicyclic) bond motifs is 3. The summed E-state index contributed by atoms with van der Waals surface area (Å²) in [5.41, 5.74) is 9.26. The summed E-state index contributed by atoms with van der Waals surface area (Å²) in [5.74, 6) is 0.241. The Morgan fingerprint density at radius 1 is 1.30 bits per heavy atom. The minimum Gasteiger partial charge on any atom is -0.468 e. The van der Waals surface area contributed by atoms with Gasteiger partial charge < -0.3 is 19.9 Å². The van der Waals surface area contributed by atoms with Crippen LogP contribution in [0.4, 0.5) is 11.4 Å². The van der Waals surface area contributed by atoms with Gasteiger partial charge in [-0.1, -0.05) is 36.4 Å². The van der Waals surface area contributed by atoms with Gasteiger partial charge in [0.2, 0.25) is 11.5 Å². The van der Waals surface area contributed by atoms with Crippen LogP contribution < -0.4 is 31.9 Å². The number of primary amides is 1. The number of halogens is 1. The van der Waals surface area contributed by atoms with Crippen molar-refractivity contribution in [2.24, 2.45) is 10.7 Å². The highest BCUT2D eigenvalue weighted by Crippen LogP contribution is 2.40. The van der Waals surface area contributed by atoms with Crippen LogP contribution in [0.25, 0.3) is 6.58 Å². The predicted molar refractivity (Wildman–Crippen MR) is 127 cm³/mol. The Morgan fingerprint density at radius 2 is 2.12 bits per heavy atom. The zero-order chi connectivity index (χ0) is 23.1. The maximum Gasteiger partial charge on any atom is 0.274 e. The van der Waals surface area contributed by atoms with Crippen molar-refractivity contribution in [1.82, 2.24) is 9.55 Å². The summed E-state index contributed by atoms with van der Waals surface area (Å²) >= 11 is 6.49. The molecule has 0 fully saturated rings. The molecule has 8 nitrogen and oxygen atoms in total. The Bertz CT molecular complexity index is 1410. The summed E-state index contributed by atoms with van der Waals surface area (Å²) in [7, 11) is 0. The van der Waals surface area contributed by atoms with E-state index in [0.29, 0.717) is 53.2 Å². The second-order valence-electron chi connectivity index (χ2n) is 8.30. The predicted octanol–water partition coefficient (Wildman–Crippen LogP) is 1.98. The molecule has 3 heterocycles. The maximum atomic E-state index is 12.1. The van der Waals surface area contributed by atoms with Crippen LogP contribution in [-0.4, -0.2) is 28.2 Å². The van der Waals surface area contributed by atoms with E-state index in [9.17, 15) is 9.59 Å². The lowest BCUT2D eigenvalue weighted by Crippen LogP contribution is -2.39. The molecule has 1 atom stereocenters. The number of rotatable bonds is 7. The van der Waals surface area contributed by atoms with Gasteiger partial charge >= 0.3 is 0 Å². The number of H-pyrrole nitrogens is 1. The largest absolute Gasteiger partial charge is 0.468 e. The molecule has 0 aliphatic carbocycles. The molecule has 33 heavy (non-hydrogen) atoms. The van der Waals surface area contributed by atoms with Crippen molar-refractivity contribution in [2.75, 3.05) is 11.4 Å². The van der Waals surface area contributed by atoms with Crippen molar-refractivity contribution < 1.29 is 9.53 Å². The van der Waals surface area contributed by atoms with Gasteiger partial charge in [-0.05, 0) is 36.6 Å². The number of carbonyl (C=O) groups excluding carboxylic acids is 1. The van der Waals surface area contributed by atoms with Gasteiger partial charge in [0.1, 0.15) is 16.8 Å². The van der Waals surface area contributed by atoms with E-state index in [-0.39, 0.29) is 17.7 Å². The minimum absolute atomic E-state index is 0.279. The quantitative estimate of drug-likeness (QED) is 0.435. The van der Waals surface area contributed by atoms with E-state index in [0.717, 1.165) is 24.2 Å². The van der Waals surface area contributed by atoms with E-state index < -0.39 is 0 Å². The Labute approximate surface area is 195 Å². The molecular formula is C24H24ClN5O3. The number of benzene rings is 2. The smallest absolute Gasteiger partial charge is 0.274 e. The van der Waals surface area contributed by atoms with Gasteiger partial charge in [-0.15, -0.1) is 0 Å². The number of nitrogens with one attached hydrogen (secondary N) is 1. The molecule has 0 saturated heterocycles. The van der Waals surface area contributed by atoms with Crippen LogP contribution in [-0.2, 0) is 17.8 Å². The third kappa shape index (κ3) is 3.91. The van der Waals surface area contributed by atoms with Crippen molar-refractivity contribution in [1.29, 1.82) is 0 Å². The van der Waals surface area contributed by atoms with Gasteiger partial charge in [0.15, 0.2) is 6.23 Å². The molecule has 3 aromatic rings. The van der Waals surface area contributed by atoms with Crippen molar-refractivity contribution >= 4 is 35.5 Å². The van der Waals surface area contributed by atoms with Gasteiger partial charge in [0.05, 0.1) is 6.54 Å². The number of imidazole rings is 1. The van der Waals surface area contributed by atoms with Crippen LogP contribution in [0.1, 0.15) is 30.4 Å². The molecule has 0 radical (unpaired) electrons. The molecule has 170 valence electrons. The van der Waals surface area contributed by atoms with E-state index in [1.165, 1.54) is 5.56 Å². The fourth-order valence-corrected chi connectivity index (χ4v) is 4.72. The lowest BCUT2D eigenvalue weighted by Gasteiger charge is -2.31. The van der Waals surface area contributed by atoms with Crippen LogP contribution in [0.15, 0.2) is 46.2 Å². The van der Waals surface area contributed by atoms with E-state index in [2.05, 4.69) is 33.6 Å². The first-order valence-corrected chi connectivity index (χ1v) is 11.3. The first-order valence-electron chi connectivity index (χ1n) is 10.9. The second kappa shape index (κ2) is 8.44. The molecule has 2 aliphatic heterocycles. The van der Waals surface area contributed by atoms with Gasteiger partial charge in [-0.25, -0.2) is 4.99 Å². The van der Waals surface area contributed by atoms with Gasteiger partial charge in [0.25, 0.3) is 5.56 Å². The number of hydrogen-bond acceptors (Lipinski definition) is 5. The van der Waals surface area contributed by atoms with Crippen molar-refractivity contribution in [3.05, 3.63) is 73.9 Å². The van der Waals surface area contributed by atoms with Crippen LogP contribution >= 0.6 is 11.6 Å². The number of aromatic nitrogens is 2. The SMILES string of the molecule is C=c1c(=O)[nH]c2n1Cc1c(Cl)ccc(OC(CCCC(N)=O)N3CCc4ccccc43)c1N=2. The van der Waals surface area contributed by atoms with Crippen LogP contribution in [0, 0.1) is 0 Å². The summed E-state index contributed by atoms with van der Waals surface area (Å²) in [5, 5.41) is 0.879. The Hall–Kier alpha value is -3.52. The first kappa shape index (κ1) is 21.3. The van der Waals surface area contributed by atoms with E-state index in [4.69, 9.17) is 22.1 Å². The van der Waals surface area contributed by atoms with E-state index >= 15 is 0 Å². The third-order valence-electron chi connectivity index (χ3n) is 6.20. The lowest BCUT2D eigenvalue weighted by atomic mass is 10.1. The Morgan fingerprint density at radius 3 is 2.94 bits per heavy atom. The number of amides is 1. The molecule has 3 N–H and O–H groups in total. The van der Waals surface area contributed by atoms with Crippen LogP contribution in [0.5, 0.6) is 5.75 Å². The topological polar surface area (TPSA) is 106 Å². The molecule has 0 saturated carbocycles. The zero-order valence-corrected chi connectivity index (χ0v) is 18.8. The number of carbonyl (C=O) groups is 1. The van der Waals surface area contributed by atoms with Gasteiger partial charge in [0, 0.05) is 35.7 Å². The summed E-state index contributed by atoms with van der Waals surface area (Å²) in [4.78, 5) is 33.0. The monoisotopic (exact) mass is 465 g/mol. The highest BCUT2D eigenvalue weighted by atomic mass is 35.5. The second-order valence-corrected chi connectivity index (χ2v) is 8.71. The molecule has 1 aromatic heterocycles. The molecular weight excluding hydrogens is 442 g/mol. The van der Waals surface area contributed by atoms with Gasteiger partial charge in [-0.3, -0.25) is 14.6 Å². The summed E-state index contributed by atoms with van der Waals surface area (Å²) in [6.07, 6.45) is 2.12. The molecule has 0 bridgehead atoms. The average molecular weight is 466 g/mol. The summed E-state index contributed by atoms with van der Waals surface area (Å²) in [6, 6.07) is 11.8. The van der Waals surface area contributed by atoms with Crippen molar-refractivity contribution in [2.45, 2.75) is 38.5 Å². The first-order chi connectivity index (χ1) is 15.9. The molecule has 0 spiro atoms. The number of ether oxygens (including phenoxy) is 1. The van der Waals surface area contributed by atoms with Crippen molar-refractivity contribution in [3.8, 4) is 5.75 Å². The fraction of sp³-hybridized carbons (Fsp3) is 0.292. The zero-order valence-electron chi connectivity index (χ0n) is 18.0. The maximum absolute atomic E-state index is 12.1. The summed E-state index contributed by atoms with van der Waals surface area (Å²) < 4.78 is 8.26. The molecule has 2 aliphatic rings. The summed E-state index contributed by atoms with van der Waals surface area (Å²) in [6.45, 7) is 5.02. The van der Waals surface area contributed by atoms with Crippen molar-refractivity contribution in [3.63, 3.8) is 0 Å². The highest BCUT2D eigenvalue weighted by molar-refractivity contribution is 6.31. The Kier molecular flexibility index (Phi) is 5.46. The number of anilines is 1. The lowest BCUT2D eigenvalue weighted by molar-refractivity contribution is -0.118. The Balaban J connectivity index is 1.53. The number of nitrogens with zero attached hydrogens (tertiary/aromatic N) is 3. The molecule has 1 unspecified atom stereocenters. The van der Waals surface area contributed by atoms with E-state index in [1.807, 2.05) is 12.1 Å². The number of nitrogens with two attached hydrogens (primary N) is 1.